The quantitative estimate of drug-likeness (QED) is 0.540. The Labute approximate surface area is 222 Å². The van der Waals surface area contributed by atoms with Gasteiger partial charge in [-0.25, -0.2) is 9.37 Å². The molecule has 0 spiro atoms. The minimum atomic E-state index is -0.446. The second-order valence-corrected chi connectivity index (χ2v) is 11.3. The van der Waals surface area contributed by atoms with Gasteiger partial charge in [-0.2, -0.15) is 0 Å². The molecule has 1 aromatic heterocycles. The maximum Gasteiger partial charge on any atom is 0.249 e. The molecule has 9 heteroatoms. The number of anilines is 1. The van der Waals surface area contributed by atoms with E-state index in [1.807, 2.05) is 34.6 Å². The van der Waals surface area contributed by atoms with E-state index in [2.05, 4.69) is 11.5 Å². The molecule has 0 radical (unpaired) electrons. The van der Waals surface area contributed by atoms with Crippen LogP contribution >= 0.6 is 11.6 Å². The van der Waals surface area contributed by atoms with Crippen LogP contribution in [0.25, 0.3) is 11.3 Å². The number of pyridine rings is 1. The Hall–Kier alpha value is -3.26. The van der Waals surface area contributed by atoms with Crippen LogP contribution in [0.2, 0.25) is 5.02 Å². The van der Waals surface area contributed by atoms with E-state index >= 15 is 0 Å². The molecule has 2 aromatic rings. The Balaban J connectivity index is 1.86. The molecule has 1 aromatic carbocycles. The molecule has 0 bridgehead atoms. The summed E-state index contributed by atoms with van der Waals surface area (Å²) in [7, 11) is 0. The summed E-state index contributed by atoms with van der Waals surface area (Å²) in [5.74, 6) is 0.246. The summed E-state index contributed by atoms with van der Waals surface area (Å²) in [6, 6.07) is 7.86. The third-order valence-electron chi connectivity index (χ3n) is 6.59. The Bertz CT molecular complexity index is 1270. The van der Waals surface area contributed by atoms with Crippen molar-refractivity contribution in [3.63, 3.8) is 0 Å². The van der Waals surface area contributed by atoms with Gasteiger partial charge in [-0.3, -0.25) is 19.5 Å². The van der Waals surface area contributed by atoms with Crippen molar-refractivity contribution in [1.82, 2.24) is 14.8 Å². The summed E-state index contributed by atoms with van der Waals surface area (Å²) in [6.45, 7) is 15.1. The second kappa shape index (κ2) is 10.2. The average Bonchev–Trinajstić information content (AvgIpc) is 2.95. The standard InChI is InChI=1S/C28H33ClFN5O2/c1-7-23(36)33-14-18(3)34(15-17(33)2)26-20-12-21(29)25(19-10-8-9-11-22(19)30)32-27(20)35(16-28(4,5)6)24(37)13-31-26/h7-12,17-18H,1,13-16H2,2-6H3. The van der Waals surface area contributed by atoms with Gasteiger partial charge in [0.05, 0.1) is 16.3 Å². The smallest absolute Gasteiger partial charge is 0.249 e. The fourth-order valence-corrected chi connectivity index (χ4v) is 5.10. The van der Waals surface area contributed by atoms with Crippen LogP contribution in [-0.4, -0.2) is 70.7 Å². The lowest BCUT2D eigenvalue weighted by atomic mass is 9.95. The van der Waals surface area contributed by atoms with E-state index in [9.17, 15) is 14.0 Å². The van der Waals surface area contributed by atoms with E-state index in [1.54, 1.807) is 34.1 Å². The number of carbonyl (C=O) groups is 2. The molecule has 7 nitrogen and oxygen atoms in total. The van der Waals surface area contributed by atoms with Crippen molar-refractivity contribution in [2.24, 2.45) is 10.4 Å². The van der Waals surface area contributed by atoms with E-state index in [4.69, 9.17) is 21.6 Å². The van der Waals surface area contributed by atoms with Crippen LogP contribution in [0.3, 0.4) is 0 Å². The SMILES string of the molecule is C=CC(=O)N1CC(C)N(C2=NCC(=O)N(CC(C)(C)C)c3nc(-c4ccccc4F)c(Cl)cc32)CC1C. The maximum atomic E-state index is 14.8. The molecule has 2 amide bonds. The van der Waals surface area contributed by atoms with E-state index in [-0.39, 0.29) is 52.1 Å². The molecular weight excluding hydrogens is 493 g/mol. The van der Waals surface area contributed by atoms with Crippen molar-refractivity contribution < 1.29 is 14.0 Å². The molecule has 1 fully saturated rings. The second-order valence-electron chi connectivity index (χ2n) is 10.9. The largest absolute Gasteiger partial charge is 0.350 e. The molecule has 2 aliphatic rings. The third-order valence-corrected chi connectivity index (χ3v) is 6.88. The third kappa shape index (κ3) is 5.39. The van der Waals surface area contributed by atoms with Crippen molar-refractivity contribution in [2.45, 2.75) is 46.7 Å². The van der Waals surface area contributed by atoms with Crippen LogP contribution in [-0.2, 0) is 9.59 Å². The number of rotatable bonds is 3. The lowest BCUT2D eigenvalue weighted by Gasteiger charge is -2.45. The summed E-state index contributed by atoms with van der Waals surface area (Å²) < 4.78 is 14.8. The molecule has 2 unspecified atom stereocenters. The number of fused-ring (bicyclic) bond motifs is 1. The number of halogens is 2. The van der Waals surface area contributed by atoms with E-state index in [0.717, 1.165) is 0 Å². The first-order valence-corrected chi connectivity index (χ1v) is 12.8. The first kappa shape index (κ1) is 26.8. The van der Waals surface area contributed by atoms with Gasteiger partial charge in [0.1, 0.15) is 24.0 Å². The molecular formula is C28H33ClFN5O2. The molecule has 0 aliphatic carbocycles. The highest BCUT2D eigenvalue weighted by Crippen LogP contribution is 2.36. The Morgan fingerprint density at radius 3 is 2.54 bits per heavy atom. The highest BCUT2D eigenvalue weighted by molar-refractivity contribution is 6.33. The van der Waals surface area contributed by atoms with Crippen LogP contribution in [0, 0.1) is 11.2 Å². The van der Waals surface area contributed by atoms with Gasteiger partial charge in [0.25, 0.3) is 0 Å². The summed E-state index contributed by atoms with van der Waals surface area (Å²) in [4.78, 5) is 40.9. The van der Waals surface area contributed by atoms with Gasteiger partial charge in [-0.05, 0) is 43.5 Å². The number of aromatic nitrogens is 1. The van der Waals surface area contributed by atoms with E-state index in [0.29, 0.717) is 36.9 Å². The normalized spacial score (nSPS) is 20.4. The maximum absolute atomic E-state index is 14.8. The molecule has 2 aliphatic heterocycles. The first-order chi connectivity index (χ1) is 17.4. The highest BCUT2D eigenvalue weighted by atomic mass is 35.5. The summed E-state index contributed by atoms with van der Waals surface area (Å²) >= 11 is 6.72. The van der Waals surface area contributed by atoms with Crippen molar-refractivity contribution in [1.29, 1.82) is 0 Å². The van der Waals surface area contributed by atoms with Crippen LogP contribution < -0.4 is 4.90 Å². The molecule has 196 valence electrons. The summed E-state index contributed by atoms with van der Waals surface area (Å²) in [6.07, 6.45) is 1.33. The van der Waals surface area contributed by atoms with Gasteiger partial charge in [0.15, 0.2) is 0 Å². The predicted octanol–water partition coefficient (Wildman–Crippen LogP) is 4.79. The average molecular weight is 526 g/mol. The number of amides is 2. The fraction of sp³-hybridized carbons (Fsp3) is 0.429. The fourth-order valence-electron chi connectivity index (χ4n) is 4.85. The van der Waals surface area contributed by atoms with E-state index < -0.39 is 5.82 Å². The Kier molecular flexibility index (Phi) is 7.42. The number of nitrogens with zero attached hydrogens (tertiary/aromatic N) is 5. The number of carbonyl (C=O) groups excluding carboxylic acids is 2. The van der Waals surface area contributed by atoms with Crippen LogP contribution in [0.1, 0.15) is 40.2 Å². The summed E-state index contributed by atoms with van der Waals surface area (Å²) in [5, 5.41) is 0.266. The van der Waals surface area contributed by atoms with E-state index in [1.165, 1.54) is 12.1 Å². The van der Waals surface area contributed by atoms with Crippen LogP contribution in [0.15, 0.2) is 48.0 Å². The minimum Gasteiger partial charge on any atom is -0.350 e. The predicted molar refractivity (Wildman–Crippen MR) is 145 cm³/mol. The number of amidine groups is 1. The van der Waals surface area contributed by atoms with Gasteiger partial charge in [0.2, 0.25) is 11.8 Å². The van der Waals surface area contributed by atoms with Crippen molar-refractivity contribution in [2.75, 3.05) is 31.1 Å². The number of hydrogen-bond acceptors (Lipinski definition) is 5. The monoisotopic (exact) mass is 525 g/mol. The zero-order chi connectivity index (χ0) is 27.1. The first-order valence-electron chi connectivity index (χ1n) is 12.4. The molecule has 0 N–H and O–H groups in total. The topological polar surface area (TPSA) is 69.1 Å². The van der Waals surface area contributed by atoms with Crippen molar-refractivity contribution >= 4 is 35.1 Å². The van der Waals surface area contributed by atoms with Gasteiger partial charge in [-0.15, -0.1) is 0 Å². The van der Waals surface area contributed by atoms with Crippen LogP contribution in [0.4, 0.5) is 10.2 Å². The number of hydrogen-bond donors (Lipinski definition) is 0. The number of piperazine rings is 1. The molecule has 4 rings (SSSR count). The molecule has 2 atom stereocenters. The van der Waals surface area contributed by atoms with Gasteiger partial charge in [-0.1, -0.05) is 51.1 Å². The van der Waals surface area contributed by atoms with Gasteiger partial charge in [0, 0.05) is 37.3 Å². The molecule has 3 heterocycles. The Morgan fingerprint density at radius 1 is 1.19 bits per heavy atom. The lowest BCUT2D eigenvalue weighted by Crippen LogP contribution is -2.59. The van der Waals surface area contributed by atoms with Gasteiger partial charge < -0.3 is 9.80 Å². The van der Waals surface area contributed by atoms with Gasteiger partial charge >= 0.3 is 0 Å². The summed E-state index contributed by atoms with van der Waals surface area (Å²) in [5.41, 5.74) is 0.923. The zero-order valence-corrected chi connectivity index (χ0v) is 22.7. The highest BCUT2D eigenvalue weighted by Gasteiger charge is 2.37. The lowest BCUT2D eigenvalue weighted by molar-refractivity contribution is -0.130. The van der Waals surface area contributed by atoms with Crippen molar-refractivity contribution in [3.8, 4) is 11.3 Å². The molecule has 37 heavy (non-hydrogen) atoms. The zero-order valence-electron chi connectivity index (χ0n) is 22.0. The van der Waals surface area contributed by atoms with Crippen molar-refractivity contribution in [3.05, 3.63) is 59.4 Å². The minimum absolute atomic E-state index is 0.0542. The Morgan fingerprint density at radius 2 is 1.89 bits per heavy atom. The number of aliphatic imine (C=N–C) groups is 1. The molecule has 0 saturated carbocycles. The van der Waals surface area contributed by atoms with Crippen LogP contribution in [0.5, 0.6) is 0 Å². The number of benzene rings is 1. The molecule has 1 saturated heterocycles.